The minimum atomic E-state index is 0.677. The summed E-state index contributed by atoms with van der Waals surface area (Å²) in [6.07, 6.45) is 2.69. The molecule has 2 heterocycles. The number of rotatable bonds is 6. The lowest BCUT2D eigenvalue weighted by Gasteiger charge is -2.36. The molecule has 1 aromatic rings. The van der Waals surface area contributed by atoms with E-state index >= 15 is 0 Å². The van der Waals surface area contributed by atoms with E-state index in [0.29, 0.717) is 6.04 Å². The van der Waals surface area contributed by atoms with Crippen LogP contribution in [0.4, 0.5) is 0 Å². The molecule has 0 radical (unpaired) electrons. The molecule has 0 unspecified atom stereocenters. The Balaban J connectivity index is 1.43. The number of nitrogens with zero attached hydrogens (tertiary/aromatic N) is 3. The largest absolute Gasteiger partial charge is 0.308 e. The Bertz CT molecular complexity index is 419. The molecule has 2 fully saturated rings. The molecule has 0 spiro atoms. The summed E-state index contributed by atoms with van der Waals surface area (Å²) in [7, 11) is 0. The first-order valence-electron chi connectivity index (χ1n) is 7.84. The molecule has 3 rings (SSSR count). The van der Waals surface area contributed by atoms with Crippen LogP contribution in [0.25, 0.3) is 0 Å². The number of hydrogen-bond donors (Lipinski definition) is 1. The molecule has 0 bridgehead atoms. The molecule has 1 saturated heterocycles. The molecule has 20 heavy (non-hydrogen) atoms. The molecule has 0 aromatic carbocycles. The first-order valence-corrected chi connectivity index (χ1v) is 8.72. The second-order valence-corrected chi connectivity index (χ2v) is 7.24. The fraction of sp³-hybridized carbons (Fsp3) is 0.800. The summed E-state index contributed by atoms with van der Waals surface area (Å²) in [5.74, 6) is 0. The van der Waals surface area contributed by atoms with Crippen molar-refractivity contribution in [3.05, 3.63) is 16.1 Å². The van der Waals surface area contributed by atoms with E-state index in [1.165, 1.54) is 49.7 Å². The first kappa shape index (κ1) is 14.4. The molecular weight excluding hydrogens is 268 g/mol. The molecule has 112 valence electrons. The summed E-state index contributed by atoms with van der Waals surface area (Å²) >= 11 is 1.80. The molecule has 1 N–H and O–H groups in total. The van der Waals surface area contributed by atoms with Crippen LogP contribution in [0.3, 0.4) is 0 Å². The molecule has 4 nitrogen and oxygen atoms in total. The Labute approximate surface area is 126 Å². The Morgan fingerprint density at radius 1 is 1.30 bits per heavy atom. The number of nitrogens with one attached hydrogen (secondary N) is 1. The van der Waals surface area contributed by atoms with E-state index in [4.69, 9.17) is 4.98 Å². The standard InChI is InChI=1S/C15H26N4S/c1-12(2)19-7-5-18(6-8-19)10-14-11-20-15(17-14)9-16-13-3-4-13/h11-13,16H,3-10H2,1-2H3. The van der Waals surface area contributed by atoms with Crippen LogP contribution in [-0.4, -0.2) is 53.0 Å². The fourth-order valence-electron chi connectivity index (χ4n) is 2.69. The summed E-state index contributed by atoms with van der Waals surface area (Å²) in [5, 5.41) is 7.01. The van der Waals surface area contributed by atoms with Gasteiger partial charge in [-0.2, -0.15) is 0 Å². The van der Waals surface area contributed by atoms with Crippen molar-refractivity contribution in [2.24, 2.45) is 0 Å². The van der Waals surface area contributed by atoms with Crippen molar-refractivity contribution in [1.29, 1.82) is 0 Å². The van der Waals surface area contributed by atoms with Crippen molar-refractivity contribution in [1.82, 2.24) is 20.1 Å². The smallest absolute Gasteiger partial charge is 0.107 e. The highest BCUT2D eigenvalue weighted by Gasteiger charge is 2.21. The maximum Gasteiger partial charge on any atom is 0.107 e. The second kappa shape index (κ2) is 6.52. The third-order valence-electron chi connectivity index (χ3n) is 4.24. The zero-order chi connectivity index (χ0) is 13.9. The van der Waals surface area contributed by atoms with Crippen molar-refractivity contribution in [3.63, 3.8) is 0 Å². The zero-order valence-corrected chi connectivity index (χ0v) is 13.5. The average Bonchev–Trinajstić information content (AvgIpc) is 3.17. The van der Waals surface area contributed by atoms with Crippen LogP contribution in [0.5, 0.6) is 0 Å². The topological polar surface area (TPSA) is 31.4 Å². The highest BCUT2D eigenvalue weighted by Crippen LogP contribution is 2.20. The highest BCUT2D eigenvalue weighted by molar-refractivity contribution is 7.09. The van der Waals surface area contributed by atoms with Gasteiger partial charge in [0.15, 0.2) is 0 Å². The van der Waals surface area contributed by atoms with Gasteiger partial charge in [-0.15, -0.1) is 11.3 Å². The highest BCUT2D eigenvalue weighted by atomic mass is 32.1. The molecule has 0 atom stereocenters. The van der Waals surface area contributed by atoms with Gasteiger partial charge in [-0.3, -0.25) is 9.80 Å². The predicted octanol–water partition coefficient (Wildman–Crippen LogP) is 1.92. The van der Waals surface area contributed by atoms with Gasteiger partial charge in [0.25, 0.3) is 0 Å². The Morgan fingerprint density at radius 2 is 2.05 bits per heavy atom. The number of piperazine rings is 1. The van der Waals surface area contributed by atoms with E-state index in [1.807, 2.05) is 0 Å². The Morgan fingerprint density at radius 3 is 2.70 bits per heavy atom. The minimum Gasteiger partial charge on any atom is -0.308 e. The van der Waals surface area contributed by atoms with Crippen molar-refractivity contribution in [2.45, 2.75) is 51.9 Å². The van der Waals surface area contributed by atoms with Gasteiger partial charge in [0.2, 0.25) is 0 Å². The average molecular weight is 294 g/mol. The van der Waals surface area contributed by atoms with Crippen LogP contribution in [0.2, 0.25) is 0 Å². The van der Waals surface area contributed by atoms with E-state index < -0.39 is 0 Å². The predicted molar refractivity (Wildman–Crippen MR) is 84.0 cm³/mol. The Hall–Kier alpha value is -0.490. The summed E-state index contributed by atoms with van der Waals surface area (Å²) in [6, 6.07) is 1.45. The zero-order valence-electron chi connectivity index (χ0n) is 12.6. The monoisotopic (exact) mass is 294 g/mol. The van der Waals surface area contributed by atoms with Crippen LogP contribution in [0.15, 0.2) is 5.38 Å². The third-order valence-corrected chi connectivity index (χ3v) is 5.14. The van der Waals surface area contributed by atoms with Crippen LogP contribution in [0, 0.1) is 0 Å². The van der Waals surface area contributed by atoms with E-state index in [2.05, 4.69) is 34.3 Å². The van der Waals surface area contributed by atoms with Crippen molar-refractivity contribution >= 4 is 11.3 Å². The van der Waals surface area contributed by atoms with E-state index in [1.54, 1.807) is 11.3 Å². The van der Waals surface area contributed by atoms with E-state index in [0.717, 1.165) is 19.1 Å². The summed E-state index contributed by atoms with van der Waals surface area (Å²) in [6.45, 7) is 11.3. The quantitative estimate of drug-likeness (QED) is 0.868. The normalized spacial score (nSPS) is 21.8. The number of thiazole rings is 1. The number of aromatic nitrogens is 1. The van der Waals surface area contributed by atoms with Gasteiger partial charge >= 0.3 is 0 Å². The summed E-state index contributed by atoms with van der Waals surface area (Å²) in [4.78, 5) is 9.85. The molecule has 0 amide bonds. The van der Waals surface area contributed by atoms with Gasteiger partial charge in [-0.1, -0.05) is 0 Å². The van der Waals surface area contributed by atoms with Gasteiger partial charge < -0.3 is 5.32 Å². The molecule has 1 aromatic heterocycles. The molecular formula is C15H26N4S. The second-order valence-electron chi connectivity index (χ2n) is 6.29. The van der Waals surface area contributed by atoms with Crippen molar-refractivity contribution in [2.75, 3.05) is 26.2 Å². The van der Waals surface area contributed by atoms with Crippen molar-refractivity contribution < 1.29 is 0 Å². The van der Waals surface area contributed by atoms with Crippen LogP contribution < -0.4 is 5.32 Å². The first-order chi connectivity index (χ1) is 9.70. The lowest BCUT2D eigenvalue weighted by Crippen LogP contribution is -2.48. The summed E-state index contributed by atoms with van der Waals surface area (Å²) in [5.41, 5.74) is 1.25. The van der Waals surface area contributed by atoms with Crippen LogP contribution >= 0.6 is 11.3 Å². The molecule has 5 heteroatoms. The molecule has 1 saturated carbocycles. The fourth-order valence-corrected chi connectivity index (χ4v) is 3.42. The van der Waals surface area contributed by atoms with Crippen LogP contribution in [-0.2, 0) is 13.1 Å². The van der Waals surface area contributed by atoms with E-state index in [-0.39, 0.29) is 0 Å². The molecule has 2 aliphatic rings. The van der Waals surface area contributed by atoms with Gasteiger partial charge in [-0.25, -0.2) is 4.98 Å². The maximum atomic E-state index is 4.76. The SMILES string of the molecule is CC(C)N1CCN(Cc2csc(CNC3CC3)n2)CC1. The molecule has 1 aliphatic heterocycles. The third kappa shape index (κ3) is 4.01. The maximum absolute atomic E-state index is 4.76. The molecule has 1 aliphatic carbocycles. The summed E-state index contributed by atoms with van der Waals surface area (Å²) < 4.78 is 0. The van der Waals surface area contributed by atoms with Crippen LogP contribution in [0.1, 0.15) is 37.4 Å². The van der Waals surface area contributed by atoms with Gasteiger partial charge in [0.1, 0.15) is 5.01 Å². The van der Waals surface area contributed by atoms with Gasteiger partial charge in [-0.05, 0) is 26.7 Å². The minimum absolute atomic E-state index is 0.677. The van der Waals surface area contributed by atoms with E-state index in [9.17, 15) is 0 Å². The lowest BCUT2D eigenvalue weighted by atomic mass is 10.2. The van der Waals surface area contributed by atoms with Crippen molar-refractivity contribution in [3.8, 4) is 0 Å². The number of hydrogen-bond acceptors (Lipinski definition) is 5. The van der Waals surface area contributed by atoms with Gasteiger partial charge in [0.05, 0.1) is 5.69 Å². The van der Waals surface area contributed by atoms with Gasteiger partial charge in [0, 0.05) is 56.7 Å². The Kier molecular flexibility index (Phi) is 4.71. The lowest BCUT2D eigenvalue weighted by molar-refractivity contribution is 0.103.